The topological polar surface area (TPSA) is 105 Å². The molecule has 1 saturated carbocycles. The lowest BCUT2D eigenvalue weighted by atomic mass is 9.71. The number of aliphatic hydroxyl groups excluding tert-OH is 1. The number of benzene rings is 2. The van der Waals surface area contributed by atoms with Crippen molar-refractivity contribution in [2.45, 2.75) is 75.8 Å². The predicted molar refractivity (Wildman–Crippen MR) is 154 cm³/mol. The molecule has 2 fully saturated rings. The van der Waals surface area contributed by atoms with E-state index in [1.165, 1.54) is 12.1 Å². The summed E-state index contributed by atoms with van der Waals surface area (Å²) in [6, 6.07) is 6.80. The van der Waals surface area contributed by atoms with Gasteiger partial charge in [-0.15, -0.1) is 0 Å². The number of hydrogen-bond donors (Lipinski definition) is 3. The molecule has 2 aromatic carbocycles. The van der Waals surface area contributed by atoms with Gasteiger partial charge in [0.1, 0.15) is 11.6 Å². The van der Waals surface area contributed by atoms with Crippen molar-refractivity contribution in [2.75, 3.05) is 33.4 Å². The van der Waals surface area contributed by atoms with Crippen LogP contribution in [0.5, 0.6) is 5.75 Å². The van der Waals surface area contributed by atoms with Crippen LogP contribution >= 0.6 is 0 Å². The lowest BCUT2D eigenvalue weighted by Crippen LogP contribution is -2.49. The Kier molecular flexibility index (Phi) is 10.7. The number of unbranched alkanes of at least 4 members (excludes halogenated alkanes) is 1. The second-order valence-corrected chi connectivity index (χ2v) is 11.7. The average Bonchev–Trinajstić information content (AvgIpc) is 3.32. The number of ether oxygens (including phenoxy) is 2. The number of halogens is 4. The highest BCUT2D eigenvalue weighted by Gasteiger charge is 2.45. The molecule has 1 unspecified atom stereocenters. The van der Waals surface area contributed by atoms with Crippen LogP contribution in [0, 0.1) is 17.7 Å². The van der Waals surface area contributed by atoms with Crippen LogP contribution < -0.4 is 10.5 Å². The van der Waals surface area contributed by atoms with Gasteiger partial charge in [0.15, 0.2) is 0 Å². The summed E-state index contributed by atoms with van der Waals surface area (Å²) in [5.74, 6) is -1.92. The first-order chi connectivity index (χ1) is 20.4. The van der Waals surface area contributed by atoms with Crippen molar-refractivity contribution in [2.24, 2.45) is 17.6 Å². The van der Waals surface area contributed by atoms with Gasteiger partial charge in [-0.2, -0.15) is 13.2 Å². The molecule has 7 nitrogen and oxygen atoms in total. The van der Waals surface area contributed by atoms with Gasteiger partial charge >= 0.3 is 6.18 Å². The minimum Gasteiger partial charge on any atom is -0.494 e. The fourth-order valence-corrected chi connectivity index (χ4v) is 6.61. The maximum absolute atomic E-state index is 15.8. The fourth-order valence-electron chi connectivity index (χ4n) is 6.61. The summed E-state index contributed by atoms with van der Waals surface area (Å²) in [7, 11) is 1.57. The summed E-state index contributed by atoms with van der Waals surface area (Å²) in [4.78, 5) is 15.1. The van der Waals surface area contributed by atoms with E-state index in [1.54, 1.807) is 25.0 Å². The largest absolute Gasteiger partial charge is 0.494 e. The molecule has 0 bridgehead atoms. The molecule has 0 aromatic heterocycles. The SMILES string of the molecule is CCOc1cc(-c2c(F)cccc2[C@](O)(CCCCOC)C2CCCN(C(=O)[C@H]3C[C@@H](N)[C@@H](O)C3)C2)cc(C(F)(F)F)c1. The molecule has 5 atom stereocenters. The number of nitrogens with zero attached hydrogens (tertiary/aromatic N) is 1. The Morgan fingerprint density at radius 1 is 1.16 bits per heavy atom. The van der Waals surface area contributed by atoms with Crippen LogP contribution in [0.15, 0.2) is 36.4 Å². The van der Waals surface area contributed by atoms with Gasteiger partial charge in [0.05, 0.1) is 23.9 Å². The second kappa shape index (κ2) is 13.9. The van der Waals surface area contributed by atoms with Crippen molar-refractivity contribution in [3.05, 3.63) is 53.3 Å². The van der Waals surface area contributed by atoms with E-state index in [1.807, 2.05) is 0 Å². The summed E-state index contributed by atoms with van der Waals surface area (Å²) >= 11 is 0. The number of hydrogen-bond acceptors (Lipinski definition) is 6. The fraction of sp³-hybridized carbons (Fsp3) is 0.594. The van der Waals surface area contributed by atoms with E-state index in [0.29, 0.717) is 45.3 Å². The molecule has 238 valence electrons. The van der Waals surface area contributed by atoms with Crippen molar-refractivity contribution in [3.8, 4) is 16.9 Å². The standard InChI is InChI=1S/C32H42F4N2O5/c1-3-43-24-15-20(14-23(18-24)32(34,35)36)29-25(9-6-10-26(29)33)31(41,11-4-5-13-42-2)22-8-7-12-38(19-22)30(40)21-16-27(37)28(39)17-21/h6,9-10,14-15,18,21-22,27-28,39,41H,3-5,7-8,11-13,16-17,19,37H2,1-2H3/t21-,22?,27+,28-,31-/m0/s1. The molecule has 1 amide bonds. The van der Waals surface area contributed by atoms with Crippen molar-refractivity contribution >= 4 is 5.91 Å². The summed E-state index contributed by atoms with van der Waals surface area (Å²) in [5.41, 5.74) is 3.28. The Morgan fingerprint density at radius 3 is 2.58 bits per heavy atom. The summed E-state index contributed by atoms with van der Waals surface area (Å²) in [6.07, 6.45) is -2.41. The van der Waals surface area contributed by atoms with E-state index in [9.17, 15) is 28.2 Å². The summed E-state index contributed by atoms with van der Waals surface area (Å²) in [5, 5.41) is 22.7. The highest BCUT2D eigenvalue weighted by atomic mass is 19.4. The van der Waals surface area contributed by atoms with Crippen molar-refractivity contribution in [3.63, 3.8) is 0 Å². The number of carbonyl (C=O) groups is 1. The lowest BCUT2D eigenvalue weighted by Gasteiger charge is -2.44. The molecule has 4 N–H and O–H groups in total. The Morgan fingerprint density at radius 2 is 1.93 bits per heavy atom. The monoisotopic (exact) mass is 610 g/mol. The van der Waals surface area contributed by atoms with E-state index in [2.05, 4.69) is 0 Å². The van der Waals surface area contributed by atoms with Crippen LogP contribution in [0.4, 0.5) is 17.6 Å². The van der Waals surface area contributed by atoms with Crippen molar-refractivity contribution < 1.29 is 42.0 Å². The number of piperidine rings is 1. The van der Waals surface area contributed by atoms with E-state index in [-0.39, 0.29) is 54.3 Å². The average molecular weight is 611 g/mol. The third-order valence-electron chi connectivity index (χ3n) is 8.80. The third-order valence-corrected chi connectivity index (χ3v) is 8.80. The molecule has 2 aromatic rings. The molecular formula is C32H42F4N2O5. The van der Waals surface area contributed by atoms with Crippen molar-refractivity contribution in [1.29, 1.82) is 0 Å². The maximum Gasteiger partial charge on any atom is 0.416 e. The first kappa shape index (κ1) is 33.2. The molecule has 2 aliphatic rings. The Hall–Kier alpha value is -2.73. The minimum absolute atomic E-state index is 0.0561. The van der Waals surface area contributed by atoms with Gasteiger partial charge in [-0.05, 0) is 87.3 Å². The van der Waals surface area contributed by atoms with E-state index >= 15 is 4.39 Å². The zero-order valence-electron chi connectivity index (χ0n) is 24.7. The normalized spacial score (nSPS) is 24.2. The van der Waals surface area contributed by atoms with Crippen LogP contribution in [-0.2, 0) is 21.3 Å². The van der Waals surface area contributed by atoms with E-state index < -0.39 is 47.1 Å². The number of rotatable bonds is 11. The highest BCUT2D eigenvalue weighted by Crippen LogP contribution is 2.46. The Balaban J connectivity index is 1.77. The highest BCUT2D eigenvalue weighted by molar-refractivity contribution is 5.79. The number of aliphatic hydroxyl groups is 2. The van der Waals surface area contributed by atoms with Gasteiger partial charge in [0.2, 0.25) is 5.91 Å². The van der Waals surface area contributed by atoms with Gasteiger partial charge in [-0.3, -0.25) is 4.79 Å². The van der Waals surface area contributed by atoms with Gasteiger partial charge in [0.25, 0.3) is 0 Å². The molecule has 43 heavy (non-hydrogen) atoms. The second-order valence-electron chi connectivity index (χ2n) is 11.7. The van der Waals surface area contributed by atoms with Gasteiger partial charge in [-0.25, -0.2) is 4.39 Å². The molecule has 0 spiro atoms. The van der Waals surface area contributed by atoms with Crippen LogP contribution in [0.1, 0.15) is 63.0 Å². The molecule has 1 aliphatic carbocycles. The minimum atomic E-state index is -4.70. The zero-order chi connectivity index (χ0) is 31.4. The van der Waals surface area contributed by atoms with Crippen LogP contribution in [0.3, 0.4) is 0 Å². The number of methoxy groups -OCH3 is 1. The maximum atomic E-state index is 15.8. The van der Waals surface area contributed by atoms with E-state index in [4.69, 9.17) is 15.2 Å². The Labute approximate surface area is 250 Å². The third kappa shape index (κ3) is 7.50. The van der Waals surface area contributed by atoms with Crippen LogP contribution in [-0.4, -0.2) is 66.6 Å². The summed E-state index contributed by atoms with van der Waals surface area (Å²) < 4.78 is 68.0. The molecule has 0 radical (unpaired) electrons. The van der Waals surface area contributed by atoms with E-state index in [0.717, 1.165) is 18.2 Å². The molecular weight excluding hydrogens is 568 g/mol. The molecule has 1 heterocycles. The van der Waals surface area contributed by atoms with Crippen LogP contribution in [0.2, 0.25) is 0 Å². The van der Waals surface area contributed by atoms with Crippen LogP contribution in [0.25, 0.3) is 11.1 Å². The van der Waals surface area contributed by atoms with Crippen molar-refractivity contribution in [1.82, 2.24) is 4.90 Å². The van der Waals surface area contributed by atoms with Gasteiger partial charge < -0.3 is 30.3 Å². The first-order valence-corrected chi connectivity index (χ1v) is 15.0. The quantitative estimate of drug-likeness (QED) is 0.237. The Bertz CT molecular complexity index is 1250. The molecule has 1 aliphatic heterocycles. The number of likely N-dealkylation sites (tertiary alicyclic amines) is 1. The molecule has 11 heteroatoms. The molecule has 4 rings (SSSR count). The lowest BCUT2D eigenvalue weighted by molar-refractivity contribution is -0.141. The summed E-state index contributed by atoms with van der Waals surface area (Å²) in [6.45, 7) is 2.85. The number of carbonyl (C=O) groups excluding carboxylic acids is 1. The first-order valence-electron chi connectivity index (χ1n) is 15.0. The number of amides is 1. The predicted octanol–water partition coefficient (Wildman–Crippen LogP) is 5.25. The molecule has 1 saturated heterocycles. The zero-order valence-corrected chi connectivity index (χ0v) is 24.7. The van der Waals surface area contributed by atoms with Gasteiger partial charge in [-0.1, -0.05) is 12.1 Å². The van der Waals surface area contributed by atoms with Gasteiger partial charge in [0, 0.05) is 50.2 Å². The number of nitrogens with two attached hydrogens (primary N) is 1. The smallest absolute Gasteiger partial charge is 0.416 e. The number of alkyl halides is 3.